The highest BCUT2D eigenvalue weighted by atomic mass is 16.5. The van der Waals surface area contributed by atoms with Gasteiger partial charge < -0.3 is 15.2 Å². The van der Waals surface area contributed by atoms with Crippen LogP contribution in [0.2, 0.25) is 0 Å². The minimum Gasteiger partial charge on any atom is -0.492 e. The normalized spacial score (nSPS) is 14.1. The first-order valence-electron chi connectivity index (χ1n) is 7.58. The lowest BCUT2D eigenvalue weighted by molar-refractivity contribution is 0.152. The third-order valence-electron chi connectivity index (χ3n) is 3.49. The molecule has 3 heteroatoms. The van der Waals surface area contributed by atoms with Crippen molar-refractivity contribution >= 4 is 0 Å². The molecule has 0 bridgehead atoms. The minimum absolute atomic E-state index is 0.0297. The summed E-state index contributed by atoms with van der Waals surface area (Å²) in [6.07, 6.45) is 0. The van der Waals surface area contributed by atoms with E-state index in [1.165, 1.54) is 11.1 Å². The number of ether oxygens (including phenoxy) is 2. The van der Waals surface area contributed by atoms with Gasteiger partial charge in [-0.1, -0.05) is 53.7 Å². The van der Waals surface area contributed by atoms with Crippen LogP contribution >= 0.6 is 0 Å². The Morgan fingerprint density at radius 2 is 1.62 bits per heavy atom. The molecule has 1 aromatic rings. The van der Waals surface area contributed by atoms with E-state index in [0.29, 0.717) is 13.2 Å². The number of nitrogens with two attached hydrogens (primary N) is 1. The molecular formula is C18H31NO2. The number of benzene rings is 1. The molecule has 2 N–H and O–H groups in total. The molecule has 0 radical (unpaired) electrons. The molecule has 0 aliphatic rings. The highest BCUT2D eigenvalue weighted by Gasteiger charge is 2.23. The van der Waals surface area contributed by atoms with Crippen molar-refractivity contribution in [3.05, 3.63) is 29.3 Å². The number of rotatable bonds is 5. The average Bonchev–Trinajstić information content (AvgIpc) is 2.34. The molecule has 0 saturated heterocycles. The minimum atomic E-state index is -0.106. The number of methoxy groups -OCH3 is 1. The predicted molar refractivity (Wildman–Crippen MR) is 89.2 cm³/mol. The molecule has 1 atom stereocenters. The second-order valence-electron chi connectivity index (χ2n) is 7.74. The fraction of sp³-hybridized carbons (Fsp3) is 0.667. The second-order valence-corrected chi connectivity index (χ2v) is 7.74. The van der Waals surface area contributed by atoms with Crippen molar-refractivity contribution in [2.24, 2.45) is 5.73 Å². The monoisotopic (exact) mass is 293 g/mol. The molecule has 1 rings (SSSR count). The van der Waals surface area contributed by atoms with Crippen LogP contribution in [-0.2, 0) is 15.6 Å². The van der Waals surface area contributed by atoms with Crippen LogP contribution in [0.15, 0.2) is 18.2 Å². The zero-order valence-corrected chi connectivity index (χ0v) is 14.6. The van der Waals surface area contributed by atoms with Crippen molar-refractivity contribution in [3.63, 3.8) is 0 Å². The average molecular weight is 293 g/mol. The summed E-state index contributed by atoms with van der Waals surface area (Å²) in [5.41, 5.74) is 8.64. The van der Waals surface area contributed by atoms with E-state index in [1.54, 1.807) is 7.11 Å². The molecule has 0 saturated carbocycles. The summed E-state index contributed by atoms with van der Waals surface area (Å²) in [5.74, 6) is 0.919. The third-order valence-corrected chi connectivity index (χ3v) is 3.49. The van der Waals surface area contributed by atoms with Gasteiger partial charge in [0.25, 0.3) is 0 Å². The molecule has 1 aromatic carbocycles. The van der Waals surface area contributed by atoms with Gasteiger partial charge in [0, 0.05) is 7.11 Å². The Labute approximate surface area is 129 Å². The van der Waals surface area contributed by atoms with Gasteiger partial charge in [0.15, 0.2) is 0 Å². The van der Waals surface area contributed by atoms with Crippen molar-refractivity contribution < 1.29 is 9.47 Å². The SMILES string of the molecule is COCC(N)COc1ccc(C(C)(C)C)cc1C(C)(C)C. The van der Waals surface area contributed by atoms with Gasteiger partial charge in [-0.05, 0) is 28.0 Å². The van der Waals surface area contributed by atoms with Gasteiger partial charge in [-0.2, -0.15) is 0 Å². The van der Waals surface area contributed by atoms with E-state index >= 15 is 0 Å². The first-order valence-corrected chi connectivity index (χ1v) is 7.58. The molecule has 0 spiro atoms. The maximum absolute atomic E-state index is 5.94. The fourth-order valence-corrected chi connectivity index (χ4v) is 2.17. The van der Waals surface area contributed by atoms with Gasteiger partial charge in [-0.3, -0.25) is 0 Å². The van der Waals surface area contributed by atoms with Crippen LogP contribution in [-0.4, -0.2) is 26.4 Å². The molecule has 120 valence electrons. The molecule has 0 amide bonds. The molecule has 0 aliphatic carbocycles. The van der Waals surface area contributed by atoms with Gasteiger partial charge in [0.05, 0.1) is 12.6 Å². The van der Waals surface area contributed by atoms with Crippen molar-refractivity contribution in [1.82, 2.24) is 0 Å². The van der Waals surface area contributed by atoms with Gasteiger partial charge in [-0.15, -0.1) is 0 Å². The lowest BCUT2D eigenvalue weighted by Crippen LogP contribution is -2.32. The summed E-state index contributed by atoms with van der Waals surface area (Å²) in [7, 11) is 1.65. The first kappa shape index (κ1) is 18.0. The molecule has 21 heavy (non-hydrogen) atoms. The van der Waals surface area contributed by atoms with E-state index < -0.39 is 0 Å². The molecule has 1 unspecified atom stereocenters. The highest BCUT2D eigenvalue weighted by Crippen LogP contribution is 2.35. The molecular weight excluding hydrogens is 262 g/mol. The van der Waals surface area contributed by atoms with Gasteiger partial charge >= 0.3 is 0 Å². The highest BCUT2D eigenvalue weighted by molar-refractivity contribution is 5.43. The first-order chi connectivity index (χ1) is 9.55. The van der Waals surface area contributed by atoms with Crippen molar-refractivity contribution in [2.45, 2.75) is 58.4 Å². The standard InChI is InChI=1S/C18H31NO2/c1-17(2,3)13-8-9-16(15(10-13)18(4,5)6)21-12-14(19)11-20-7/h8-10,14H,11-12,19H2,1-7H3. The quantitative estimate of drug-likeness (QED) is 0.901. The maximum Gasteiger partial charge on any atom is 0.123 e. The van der Waals surface area contributed by atoms with Crippen molar-refractivity contribution in [2.75, 3.05) is 20.3 Å². The molecule has 0 aromatic heterocycles. The predicted octanol–water partition coefficient (Wildman–Crippen LogP) is 3.63. The zero-order valence-electron chi connectivity index (χ0n) is 14.6. The van der Waals surface area contributed by atoms with Crippen LogP contribution in [0.3, 0.4) is 0 Å². The Morgan fingerprint density at radius 1 is 1.00 bits per heavy atom. The second kappa shape index (κ2) is 6.80. The Morgan fingerprint density at radius 3 is 2.10 bits per heavy atom. The summed E-state index contributed by atoms with van der Waals surface area (Å²) >= 11 is 0. The van der Waals surface area contributed by atoms with E-state index in [9.17, 15) is 0 Å². The van der Waals surface area contributed by atoms with Crippen LogP contribution in [0.4, 0.5) is 0 Å². The van der Waals surface area contributed by atoms with Crippen LogP contribution < -0.4 is 10.5 Å². The van der Waals surface area contributed by atoms with Gasteiger partial charge in [0.2, 0.25) is 0 Å². The van der Waals surface area contributed by atoms with Crippen LogP contribution in [0, 0.1) is 0 Å². The summed E-state index contributed by atoms with van der Waals surface area (Å²) in [4.78, 5) is 0. The van der Waals surface area contributed by atoms with Gasteiger partial charge in [0.1, 0.15) is 12.4 Å². The summed E-state index contributed by atoms with van der Waals surface area (Å²) in [6, 6.07) is 6.37. The molecule has 0 fully saturated rings. The van der Waals surface area contributed by atoms with E-state index in [0.717, 1.165) is 5.75 Å². The molecule has 3 nitrogen and oxygen atoms in total. The Balaban J connectivity index is 3.04. The van der Waals surface area contributed by atoms with E-state index in [4.69, 9.17) is 15.2 Å². The van der Waals surface area contributed by atoms with Crippen LogP contribution in [0.5, 0.6) is 5.75 Å². The Hall–Kier alpha value is -1.06. The lowest BCUT2D eigenvalue weighted by atomic mass is 9.80. The molecule has 0 heterocycles. The zero-order chi connectivity index (χ0) is 16.3. The smallest absolute Gasteiger partial charge is 0.123 e. The maximum atomic E-state index is 5.94. The fourth-order valence-electron chi connectivity index (χ4n) is 2.17. The van der Waals surface area contributed by atoms with E-state index in [2.05, 4.69) is 59.7 Å². The topological polar surface area (TPSA) is 44.5 Å². The summed E-state index contributed by atoms with van der Waals surface area (Å²) in [6.45, 7) is 14.3. The van der Waals surface area contributed by atoms with E-state index in [1.807, 2.05) is 0 Å². The van der Waals surface area contributed by atoms with Crippen LogP contribution in [0.1, 0.15) is 52.7 Å². The Kier molecular flexibility index (Phi) is 5.83. The van der Waals surface area contributed by atoms with Crippen molar-refractivity contribution in [3.8, 4) is 5.75 Å². The molecule has 0 aliphatic heterocycles. The van der Waals surface area contributed by atoms with Crippen LogP contribution in [0.25, 0.3) is 0 Å². The largest absolute Gasteiger partial charge is 0.492 e. The Bertz CT molecular complexity index is 455. The summed E-state index contributed by atoms with van der Waals surface area (Å²) < 4.78 is 11.0. The summed E-state index contributed by atoms with van der Waals surface area (Å²) in [5, 5.41) is 0. The van der Waals surface area contributed by atoms with E-state index in [-0.39, 0.29) is 16.9 Å². The lowest BCUT2D eigenvalue weighted by Gasteiger charge is -2.27. The van der Waals surface area contributed by atoms with Crippen molar-refractivity contribution in [1.29, 1.82) is 0 Å². The number of hydrogen-bond acceptors (Lipinski definition) is 3. The van der Waals surface area contributed by atoms with Gasteiger partial charge in [-0.25, -0.2) is 0 Å². The number of hydrogen-bond donors (Lipinski definition) is 1. The third kappa shape index (κ3) is 5.33.